The molecule has 13 nitrogen and oxygen atoms in total. The van der Waals surface area contributed by atoms with Gasteiger partial charge in [0, 0.05) is 18.8 Å². The quantitative estimate of drug-likeness (QED) is 0.0204. The monoisotopic (exact) mass is 835 g/mol. The standard InChI is InChI=1S/C44H70NO12P/c1-3-5-7-8-9-10-11-12-13-14-15-16-17-18-24-28-43(49)57-38(34-55-58(52,53)56-35-40(45)44(50)51)33-54-42(48)27-23-20-19-22-25-36-29-32-41(47)39(36)31-30-37(46)26-21-6-4-2/h5,7,9-10,12-13,19,22,29-32,36-40,46H,3-4,6,8,11,14-18,20-21,23-28,33-35,45H2,1-2H3,(H,50,51)(H,52,53)/b7-5-,10-9-,13-12-,22-19-,31-30+/t36-,37-,38+,39+,40-/m0/s1. The van der Waals surface area contributed by atoms with Gasteiger partial charge in [0.1, 0.15) is 12.6 Å². The van der Waals surface area contributed by atoms with Crippen molar-refractivity contribution < 1.29 is 57.4 Å². The molecule has 0 aromatic rings. The zero-order valence-corrected chi connectivity index (χ0v) is 35.6. The van der Waals surface area contributed by atoms with Crippen LogP contribution in [0.15, 0.2) is 72.9 Å². The summed E-state index contributed by atoms with van der Waals surface area (Å²) in [5, 5.41) is 19.1. The molecule has 1 aliphatic carbocycles. The maximum Gasteiger partial charge on any atom is 0.472 e. The number of allylic oxidation sites excluding steroid dienone is 11. The number of carboxylic acids is 1. The lowest BCUT2D eigenvalue weighted by molar-refractivity contribution is -0.161. The van der Waals surface area contributed by atoms with Crippen LogP contribution >= 0.6 is 7.82 Å². The molecule has 0 amide bonds. The van der Waals surface area contributed by atoms with Crippen LogP contribution in [0.4, 0.5) is 0 Å². The molecule has 0 fully saturated rings. The van der Waals surface area contributed by atoms with Gasteiger partial charge in [-0.05, 0) is 76.2 Å². The van der Waals surface area contributed by atoms with E-state index in [2.05, 4.69) is 54.8 Å². The number of hydrogen-bond donors (Lipinski definition) is 4. The second-order valence-corrected chi connectivity index (χ2v) is 15.9. The minimum absolute atomic E-state index is 0.00292. The molecular formula is C44H70NO12P. The molecule has 6 atom stereocenters. The average molecular weight is 836 g/mol. The second kappa shape index (κ2) is 33.4. The molecule has 5 N–H and O–H groups in total. The van der Waals surface area contributed by atoms with E-state index in [0.717, 1.165) is 70.6 Å². The Morgan fingerprint density at radius 2 is 1.45 bits per heavy atom. The minimum atomic E-state index is -4.77. The number of phosphoric ester groups is 1. The van der Waals surface area contributed by atoms with Crippen LogP contribution in [0.3, 0.4) is 0 Å². The Morgan fingerprint density at radius 1 is 0.810 bits per heavy atom. The van der Waals surface area contributed by atoms with Gasteiger partial charge in [0.2, 0.25) is 0 Å². The maximum absolute atomic E-state index is 12.6. The number of ketones is 1. The Balaban J connectivity index is 2.50. The van der Waals surface area contributed by atoms with Crippen molar-refractivity contribution in [1.29, 1.82) is 0 Å². The Bertz CT molecular complexity index is 1400. The van der Waals surface area contributed by atoms with Crippen molar-refractivity contribution in [3.8, 4) is 0 Å². The Kier molecular flexibility index (Phi) is 30.3. The van der Waals surface area contributed by atoms with E-state index in [4.69, 9.17) is 24.8 Å². The van der Waals surface area contributed by atoms with Crippen molar-refractivity contribution >= 4 is 31.5 Å². The molecule has 1 rings (SSSR count). The lowest BCUT2D eigenvalue weighted by Crippen LogP contribution is -2.34. The highest BCUT2D eigenvalue weighted by molar-refractivity contribution is 7.47. The molecule has 0 saturated carbocycles. The largest absolute Gasteiger partial charge is 0.480 e. The lowest BCUT2D eigenvalue weighted by Gasteiger charge is -2.20. The van der Waals surface area contributed by atoms with Gasteiger partial charge < -0.3 is 30.3 Å². The molecule has 0 spiro atoms. The van der Waals surface area contributed by atoms with Crippen molar-refractivity contribution in [2.45, 2.75) is 148 Å². The van der Waals surface area contributed by atoms with E-state index in [1.165, 1.54) is 0 Å². The third kappa shape index (κ3) is 28.1. The number of aliphatic carboxylic acids is 1. The number of aliphatic hydroxyl groups is 1. The van der Waals surface area contributed by atoms with Gasteiger partial charge in [0.15, 0.2) is 11.9 Å². The number of ether oxygens (including phenoxy) is 2. The van der Waals surface area contributed by atoms with Gasteiger partial charge in [-0.3, -0.25) is 28.2 Å². The molecule has 14 heteroatoms. The number of hydrogen-bond acceptors (Lipinski definition) is 11. The summed E-state index contributed by atoms with van der Waals surface area (Å²) in [6.07, 6.45) is 36.0. The van der Waals surface area contributed by atoms with Crippen LogP contribution in [0.25, 0.3) is 0 Å². The number of carbonyl (C=O) groups is 4. The van der Waals surface area contributed by atoms with E-state index in [9.17, 15) is 33.7 Å². The van der Waals surface area contributed by atoms with Crippen LogP contribution < -0.4 is 5.73 Å². The van der Waals surface area contributed by atoms with E-state index in [-0.39, 0.29) is 30.5 Å². The smallest absolute Gasteiger partial charge is 0.472 e. The Hall–Kier alpha value is -3.45. The molecule has 0 bridgehead atoms. The number of nitrogens with two attached hydrogens (primary N) is 1. The summed E-state index contributed by atoms with van der Waals surface area (Å²) in [4.78, 5) is 58.4. The molecule has 0 saturated heterocycles. The van der Waals surface area contributed by atoms with E-state index >= 15 is 0 Å². The SMILES string of the molecule is CC/C=C\C/C=C\C/C=C\CCCCCCCC(=O)O[C@H](COC(=O)CCC/C=C\C[C@H]1C=CC(=O)[C@@H]1/C=C/[C@@H](O)CCCCC)COP(=O)(O)OC[C@H](N)C(=O)O. The highest BCUT2D eigenvalue weighted by Gasteiger charge is 2.29. The molecule has 0 aliphatic heterocycles. The van der Waals surface area contributed by atoms with E-state index in [1.54, 1.807) is 18.2 Å². The predicted octanol–water partition coefficient (Wildman–Crippen LogP) is 8.56. The fourth-order valence-corrected chi connectivity index (χ4v) is 6.55. The summed E-state index contributed by atoms with van der Waals surface area (Å²) in [5.41, 5.74) is 5.32. The van der Waals surface area contributed by atoms with Crippen molar-refractivity contribution in [2.24, 2.45) is 17.6 Å². The normalized spacial score (nSPS) is 18.5. The first kappa shape index (κ1) is 52.6. The third-order valence-corrected chi connectivity index (χ3v) is 10.1. The fraction of sp³-hybridized carbons (Fsp3) is 0.636. The molecule has 0 heterocycles. The van der Waals surface area contributed by atoms with Gasteiger partial charge in [0.25, 0.3) is 0 Å². The number of unbranched alkanes of at least 4 members (excludes halogenated alkanes) is 8. The highest BCUT2D eigenvalue weighted by atomic mass is 31.2. The van der Waals surface area contributed by atoms with Crippen LogP contribution in [0.1, 0.15) is 129 Å². The zero-order chi connectivity index (χ0) is 42.9. The topological polar surface area (TPSA) is 209 Å². The van der Waals surface area contributed by atoms with E-state index in [0.29, 0.717) is 32.1 Å². The lowest BCUT2D eigenvalue weighted by atomic mass is 9.90. The summed E-state index contributed by atoms with van der Waals surface area (Å²) in [6, 6.07) is -1.56. The molecular weight excluding hydrogens is 765 g/mol. The zero-order valence-electron chi connectivity index (χ0n) is 34.7. The van der Waals surface area contributed by atoms with Crippen LogP contribution in [0.5, 0.6) is 0 Å². The van der Waals surface area contributed by atoms with Gasteiger partial charge in [-0.1, -0.05) is 119 Å². The van der Waals surface area contributed by atoms with Gasteiger partial charge in [-0.2, -0.15) is 0 Å². The molecule has 328 valence electrons. The van der Waals surface area contributed by atoms with Crippen molar-refractivity contribution in [3.05, 3.63) is 72.9 Å². The van der Waals surface area contributed by atoms with Crippen LogP contribution in [0, 0.1) is 11.8 Å². The minimum Gasteiger partial charge on any atom is -0.480 e. The Labute approximate surface area is 346 Å². The molecule has 0 radical (unpaired) electrons. The second-order valence-electron chi connectivity index (χ2n) is 14.4. The summed E-state index contributed by atoms with van der Waals surface area (Å²) >= 11 is 0. The van der Waals surface area contributed by atoms with Crippen LogP contribution in [-0.2, 0) is 42.3 Å². The summed E-state index contributed by atoms with van der Waals surface area (Å²) in [7, 11) is -4.77. The van der Waals surface area contributed by atoms with Crippen LogP contribution in [0.2, 0.25) is 0 Å². The molecule has 58 heavy (non-hydrogen) atoms. The van der Waals surface area contributed by atoms with Crippen molar-refractivity contribution in [1.82, 2.24) is 0 Å². The van der Waals surface area contributed by atoms with Crippen LogP contribution in [-0.4, -0.2) is 76.9 Å². The molecule has 0 aromatic carbocycles. The van der Waals surface area contributed by atoms with Gasteiger partial charge in [-0.25, -0.2) is 4.57 Å². The summed E-state index contributed by atoms with van der Waals surface area (Å²) in [5.74, 6) is -2.88. The van der Waals surface area contributed by atoms with E-state index < -0.39 is 63.8 Å². The summed E-state index contributed by atoms with van der Waals surface area (Å²) in [6.45, 7) is 2.35. The number of phosphoric acid groups is 1. The highest BCUT2D eigenvalue weighted by Crippen LogP contribution is 2.43. The van der Waals surface area contributed by atoms with Gasteiger partial charge in [-0.15, -0.1) is 0 Å². The molecule has 0 aromatic heterocycles. The fourth-order valence-electron chi connectivity index (χ4n) is 5.77. The third-order valence-electron chi connectivity index (χ3n) is 9.19. The average Bonchev–Trinajstić information content (AvgIpc) is 3.55. The molecule has 1 aliphatic rings. The van der Waals surface area contributed by atoms with Gasteiger partial charge in [0.05, 0.1) is 19.3 Å². The summed E-state index contributed by atoms with van der Waals surface area (Å²) < 4.78 is 32.6. The number of carbonyl (C=O) groups excluding carboxylic acids is 3. The number of aliphatic hydroxyl groups excluding tert-OH is 1. The van der Waals surface area contributed by atoms with Gasteiger partial charge >= 0.3 is 25.7 Å². The molecule has 1 unspecified atom stereocenters. The number of rotatable bonds is 35. The number of carboxylic acid groups (broad SMARTS) is 1. The van der Waals surface area contributed by atoms with E-state index in [1.807, 2.05) is 18.2 Å². The first-order valence-corrected chi connectivity index (χ1v) is 22.5. The Morgan fingerprint density at radius 3 is 2.17 bits per heavy atom. The maximum atomic E-state index is 12.6. The predicted molar refractivity (Wildman–Crippen MR) is 225 cm³/mol. The number of esters is 2. The first-order chi connectivity index (χ1) is 27.9. The first-order valence-electron chi connectivity index (χ1n) is 21.0. The van der Waals surface area contributed by atoms with Crippen molar-refractivity contribution in [3.63, 3.8) is 0 Å². The van der Waals surface area contributed by atoms with Crippen molar-refractivity contribution in [2.75, 3.05) is 19.8 Å².